The third kappa shape index (κ3) is 4.72. The molecule has 4 aromatic rings. The minimum atomic E-state index is -0.0114. The fourth-order valence-corrected chi connectivity index (χ4v) is 4.46. The molecule has 8 heteroatoms. The largest absolute Gasteiger partial charge is 0.288 e. The van der Waals surface area contributed by atoms with Gasteiger partial charge in [0.05, 0.1) is 16.0 Å². The Hall–Kier alpha value is -2.97. The van der Waals surface area contributed by atoms with Crippen LogP contribution in [-0.2, 0) is 4.79 Å². The number of hydrogen-bond donors (Lipinski definition) is 1. The van der Waals surface area contributed by atoms with Crippen molar-refractivity contribution in [2.24, 2.45) is 0 Å². The second-order valence-electron chi connectivity index (χ2n) is 6.14. The Kier molecular flexibility index (Phi) is 6.02. The summed E-state index contributed by atoms with van der Waals surface area (Å²) in [5, 5.41) is 8.34. The van der Waals surface area contributed by atoms with Crippen molar-refractivity contribution in [1.29, 1.82) is 0 Å². The van der Waals surface area contributed by atoms with Crippen LogP contribution < -0.4 is 4.90 Å². The van der Waals surface area contributed by atoms with Gasteiger partial charge in [0, 0.05) is 6.54 Å². The molecular formula is C21H19N5OS2. The molecule has 29 heavy (non-hydrogen) atoms. The van der Waals surface area contributed by atoms with Crippen molar-refractivity contribution in [2.75, 3.05) is 17.2 Å². The van der Waals surface area contributed by atoms with Gasteiger partial charge in [-0.3, -0.25) is 14.8 Å². The van der Waals surface area contributed by atoms with E-state index in [1.54, 1.807) is 4.90 Å². The number of aromatic nitrogens is 4. The molecule has 0 saturated heterocycles. The molecule has 0 radical (unpaired) electrons. The predicted octanol–water partition coefficient (Wildman–Crippen LogP) is 4.73. The minimum Gasteiger partial charge on any atom is -0.288 e. The van der Waals surface area contributed by atoms with E-state index in [1.165, 1.54) is 23.1 Å². The van der Waals surface area contributed by atoms with E-state index in [1.807, 2.05) is 73.7 Å². The number of amides is 1. The number of fused-ring (bicyclic) bond motifs is 1. The molecule has 2 heterocycles. The van der Waals surface area contributed by atoms with Gasteiger partial charge in [0.2, 0.25) is 11.1 Å². The molecule has 0 fully saturated rings. The Morgan fingerprint density at radius 1 is 1.10 bits per heavy atom. The standard InChI is InChI=1S/C21H19N5OS2/c1-2-26(21-22-16-10-6-7-11-17(16)29-21)19(27)14-28-20-23-18(24-25-20)13-12-15-8-4-3-5-9-15/h3-13H,2,14H2,1H3,(H,23,24,25)/b13-12+. The maximum Gasteiger partial charge on any atom is 0.239 e. The van der Waals surface area contributed by atoms with Crippen LogP contribution in [0.4, 0.5) is 5.13 Å². The van der Waals surface area contributed by atoms with Crippen LogP contribution in [0.1, 0.15) is 18.3 Å². The molecule has 4 rings (SSSR count). The van der Waals surface area contributed by atoms with E-state index in [9.17, 15) is 4.79 Å². The number of thioether (sulfide) groups is 1. The first-order valence-corrected chi connectivity index (χ1v) is 11.0. The van der Waals surface area contributed by atoms with Crippen molar-refractivity contribution in [3.8, 4) is 0 Å². The van der Waals surface area contributed by atoms with Gasteiger partial charge in [-0.15, -0.1) is 5.10 Å². The number of carbonyl (C=O) groups excluding carboxylic acids is 1. The molecule has 0 aliphatic rings. The normalized spacial score (nSPS) is 11.3. The Morgan fingerprint density at radius 2 is 1.90 bits per heavy atom. The van der Waals surface area contributed by atoms with Crippen molar-refractivity contribution < 1.29 is 4.79 Å². The van der Waals surface area contributed by atoms with Crippen LogP contribution in [0.2, 0.25) is 0 Å². The molecule has 0 spiro atoms. The number of carbonyl (C=O) groups is 1. The van der Waals surface area contributed by atoms with Crippen LogP contribution in [0.5, 0.6) is 0 Å². The second kappa shape index (κ2) is 9.02. The molecule has 0 saturated carbocycles. The third-order valence-electron chi connectivity index (χ3n) is 4.17. The highest BCUT2D eigenvalue weighted by Crippen LogP contribution is 2.29. The van der Waals surface area contributed by atoms with Gasteiger partial charge in [-0.2, -0.15) is 0 Å². The summed E-state index contributed by atoms with van der Waals surface area (Å²) in [5.41, 5.74) is 2.00. The smallest absolute Gasteiger partial charge is 0.239 e. The molecule has 1 N–H and O–H groups in total. The average molecular weight is 422 g/mol. The van der Waals surface area contributed by atoms with E-state index < -0.39 is 0 Å². The highest BCUT2D eigenvalue weighted by Gasteiger charge is 2.19. The summed E-state index contributed by atoms with van der Waals surface area (Å²) < 4.78 is 1.07. The molecule has 6 nitrogen and oxygen atoms in total. The quantitative estimate of drug-likeness (QED) is 0.437. The zero-order valence-corrected chi connectivity index (χ0v) is 17.4. The summed E-state index contributed by atoms with van der Waals surface area (Å²) in [4.78, 5) is 23.4. The Labute approximate surface area is 176 Å². The van der Waals surface area contributed by atoms with E-state index >= 15 is 0 Å². The zero-order valence-electron chi connectivity index (χ0n) is 15.8. The number of para-hydroxylation sites is 1. The fourth-order valence-electron chi connectivity index (χ4n) is 2.73. The highest BCUT2D eigenvalue weighted by molar-refractivity contribution is 7.99. The van der Waals surface area contributed by atoms with Gasteiger partial charge in [-0.1, -0.05) is 71.6 Å². The van der Waals surface area contributed by atoms with Gasteiger partial charge in [-0.05, 0) is 30.7 Å². The molecule has 0 aliphatic carbocycles. The monoisotopic (exact) mass is 421 g/mol. The van der Waals surface area contributed by atoms with E-state index in [-0.39, 0.29) is 11.7 Å². The number of rotatable bonds is 7. The summed E-state index contributed by atoms with van der Waals surface area (Å²) >= 11 is 2.84. The maximum atomic E-state index is 12.7. The number of thiazole rings is 1. The van der Waals surface area contributed by atoms with Gasteiger partial charge >= 0.3 is 0 Å². The topological polar surface area (TPSA) is 74.8 Å². The molecule has 0 aliphatic heterocycles. The highest BCUT2D eigenvalue weighted by atomic mass is 32.2. The van der Waals surface area contributed by atoms with Crippen LogP contribution in [0.25, 0.3) is 22.4 Å². The predicted molar refractivity (Wildman–Crippen MR) is 120 cm³/mol. The first kappa shape index (κ1) is 19.4. The summed E-state index contributed by atoms with van der Waals surface area (Å²) in [6.45, 7) is 2.52. The zero-order chi connectivity index (χ0) is 20.1. The maximum absolute atomic E-state index is 12.7. The Morgan fingerprint density at radius 3 is 2.69 bits per heavy atom. The molecule has 0 atom stereocenters. The van der Waals surface area contributed by atoms with Crippen molar-refractivity contribution >= 4 is 56.5 Å². The van der Waals surface area contributed by atoms with Crippen LogP contribution in [0, 0.1) is 0 Å². The second-order valence-corrected chi connectivity index (χ2v) is 8.09. The first-order chi connectivity index (χ1) is 14.2. The summed E-state index contributed by atoms with van der Waals surface area (Å²) in [6.07, 6.45) is 3.83. The number of benzene rings is 2. The van der Waals surface area contributed by atoms with Crippen LogP contribution in [-0.4, -0.2) is 38.4 Å². The number of H-pyrrole nitrogens is 1. The summed E-state index contributed by atoms with van der Waals surface area (Å²) in [6, 6.07) is 17.9. The molecule has 1 amide bonds. The third-order valence-corrected chi connectivity index (χ3v) is 6.06. The number of anilines is 1. The minimum absolute atomic E-state index is 0.0114. The molecule has 0 unspecified atom stereocenters. The molecule has 0 bridgehead atoms. The van der Waals surface area contributed by atoms with Gasteiger partial charge in [0.15, 0.2) is 5.13 Å². The van der Waals surface area contributed by atoms with E-state index in [0.717, 1.165) is 20.9 Å². The van der Waals surface area contributed by atoms with E-state index in [4.69, 9.17) is 0 Å². The lowest BCUT2D eigenvalue weighted by Crippen LogP contribution is -2.32. The van der Waals surface area contributed by atoms with Crippen molar-refractivity contribution in [1.82, 2.24) is 20.2 Å². The van der Waals surface area contributed by atoms with Crippen LogP contribution >= 0.6 is 23.1 Å². The Bertz CT molecular complexity index is 1100. The van der Waals surface area contributed by atoms with E-state index in [0.29, 0.717) is 17.5 Å². The van der Waals surface area contributed by atoms with Gasteiger partial charge in [-0.25, -0.2) is 9.97 Å². The summed E-state index contributed by atoms with van der Waals surface area (Å²) in [5.74, 6) is 0.897. The summed E-state index contributed by atoms with van der Waals surface area (Å²) in [7, 11) is 0. The SMILES string of the molecule is CCN(C(=O)CSc1n[nH]c(/C=C/c2ccccc2)n1)c1nc2ccccc2s1. The number of hydrogen-bond acceptors (Lipinski definition) is 6. The lowest BCUT2D eigenvalue weighted by atomic mass is 10.2. The number of nitrogens with one attached hydrogen (secondary N) is 1. The molecular weight excluding hydrogens is 402 g/mol. The fraction of sp³-hybridized carbons (Fsp3) is 0.143. The first-order valence-electron chi connectivity index (χ1n) is 9.17. The lowest BCUT2D eigenvalue weighted by Gasteiger charge is -2.16. The number of nitrogens with zero attached hydrogens (tertiary/aromatic N) is 4. The molecule has 2 aromatic heterocycles. The number of aromatic amines is 1. The average Bonchev–Trinajstić information content (AvgIpc) is 3.39. The van der Waals surface area contributed by atoms with Gasteiger partial charge in [0.25, 0.3) is 0 Å². The van der Waals surface area contributed by atoms with Crippen molar-refractivity contribution in [2.45, 2.75) is 12.1 Å². The van der Waals surface area contributed by atoms with Gasteiger partial charge in [0.1, 0.15) is 5.82 Å². The van der Waals surface area contributed by atoms with Crippen LogP contribution in [0.15, 0.2) is 59.8 Å². The van der Waals surface area contributed by atoms with Crippen LogP contribution in [0.3, 0.4) is 0 Å². The van der Waals surface area contributed by atoms with E-state index in [2.05, 4.69) is 20.2 Å². The van der Waals surface area contributed by atoms with Gasteiger partial charge < -0.3 is 0 Å². The Balaban J connectivity index is 1.38. The molecule has 2 aromatic carbocycles. The van der Waals surface area contributed by atoms with Crippen molar-refractivity contribution in [3.05, 3.63) is 66.0 Å². The van der Waals surface area contributed by atoms with Crippen molar-refractivity contribution in [3.63, 3.8) is 0 Å². The lowest BCUT2D eigenvalue weighted by molar-refractivity contribution is -0.116. The molecule has 146 valence electrons.